The molecule has 24 heavy (non-hydrogen) atoms. The number of nitrogens with zero attached hydrogens (tertiary/aromatic N) is 4. The van der Waals surface area contributed by atoms with Crippen LogP contribution in [0.2, 0.25) is 0 Å². The Labute approximate surface area is 141 Å². The maximum absolute atomic E-state index is 11.6. The Hall–Kier alpha value is -2.63. The van der Waals surface area contributed by atoms with Gasteiger partial charge in [-0.25, -0.2) is 0 Å². The first-order valence-electron chi connectivity index (χ1n) is 8.50. The molecule has 2 fully saturated rings. The Morgan fingerprint density at radius 3 is 2.21 bits per heavy atom. The summed E-state index contributed by atoms with van der Waals surface area (Å²) in [5.41, 5.74) is 0.759. The number of aromatic nitrogens is 2. The minimum atomic E-state index is -0.207. The number of carbonyl (C=O) groups is 1. The fourth-order valence-corrected chi connectivity index (χ4v) is 3.32. The monoisotopic (exact) mass is 323 g/mol. The van der Waals surface area contributed by atoms with Crippen molar-refractivity contribution < 1.29 is 4.79 Å². The summed E-state index contributed by atoms with van der Waals surface area (Å²) in [7, 11) is 0. The average molecular weight is 323 g/mol. The van der Waals surface area contributed by atoms with Gasteiger partial charge in [0, 0.05) is 42.6 Å². The van der Waals surface area contributed by atoms with E-state index in [4.69, 9.17) is 0 Å². The second kappa shape index (κ2) is 6.11. The number of anilines is 3. The first kappa shape index (κ1) is 14.9. The van der Waals surface area contributed by atoms with Gasteiger partial charge in [0.25, 0.3) is 0 Å². The fourth-order valence-electron chi connectivity index (χ4n) is 3.32. The zero-order valence-electron chi connectivity index (χ0n) is 13.7. The lowest BCUT2D eigenvalue weighted by molar-refractivity contribution is -0.111. The third-order valence-electron chi connectivity index (χ3n) is 4.75. The fraction of sp³-hybridized carbons (Fsp3) is 0.389. The topological polar surface area (TPSA) is 61.4 Å². The van der Waals surface area contributed by atoms with Crippen molar-refractivity contribution in [2.24, 2.45) is 0 Å². The SMILES string of the molecule is C=CC(=O)Nc1ccc2c(N3CCCC3)nnc(N3CCC3)c2c1. The van der Waals surface area contributed by atoms with E-state index in [0.717, 1.165) is 54.3 Å². The number of benzene rings is 1. The molecule has 0 radical (unpaired) electrons. The molecule has 1 aromatic carbocycles. The Morgan fingerprint density at radius 1 is 1.00 bits per heavy atom. The lowest BCUT2D eigenvalue weighted by atomic mass is 10.1. The predicted octanol–water partition coefficient (Wildman–Crippen LogP) is 2.56. The number of hydrogen-bond acceptors (Lipinski definition) is 5. The molecule has 1 N–H and O–H groups in total. The van der Waals surface area contributed by atoms with E-state index in [0.29, 0.717) is 0 Å². The molecule has 0 atom stereocenters. The van der Waals surface area contributed by atoms with Gasteiger partial charge in [-0.2, -0.15) is 0 Å². The highest BCUT2D eigenvalue weighted by Gasteiger charge is 2.23. The summed E-state index contributed by atoms with van der Waals surface area (Å²) in [4.78, 5) is 16.1. The Balaban J connectivity index is 1.81. The second-order valence-corrected chi connectivity index (χ2v) is 6.34. The molecule has 6 nitrogen and oxygen atoms in total. The number of carbonyl (C=O) groups excluding carboxylic acids is 1. The van der Waals surface area contributed by atoms with E-state index in [9.17, 15) is 4.79 Å². The van der Waals surface area contributed by atoms with Gasteiger partial charge in [0.05, 0.1) is 0 Å². The maximum Gasteiger partial charge on any atom is 0.247 e. The van der Waals surface area contributed by atoms with Crippen molar-refractivity contribution in [2.75, 3.05) is 41.3 Å². The molecular weight excluding hydrogens is 302 g/mol. The van der Waals surface area contributed by atoms with Crippen molar-refractivity contribution in [1.82, 2.24) is 10.2 Å². The number of hydrogen-bond donors (Lipinski definition) is 1. The highest BCUT2D eigenvalue weighted by Crippen LogP contribution is 2.35. The van der Waals surface area contributed by atoms with Crippen molar-refractivity contribution in [1.29, 1.82) is 0 Å². The highest BCUT2D eigenvalue weighted by molar-refractivity contribution is 6.04. The van der Waals surface area contributed by atoms with Crippen LogP contribution in [0.15, 0.2) is 30.9 Å². The summed E-state index contributed by atoms with van der Waals surface area (Å²) in [6.07, 6.45) is 4.86. The molecule has 1 aromatic heterocycles. The molecule has 2 aromatic rings. The van der Waals surface area contributed by atoms with Crippen molar-refractivity contribution >= 4 is 34.0 Å². The normalized spacial score (nSPS) is 17.0. The van der Waals surface area contributed by atoms with E-state index in [1.54, 1.807) is 0 Å². The molecule has 124 valence electrons. The zero-order chi connectivity index (χ0) is 16.5. The first-order valence-corrected chi connectivity index (χ1v) is 8.50. The summed E-state index contributed by atoms with van der Waals surface area (Å²) in [6, 6.07) is 5.96. The third kappa shape index (κ3) is 2.58. The van der Waals surface area contributed by atoms with Crippen molar-refractivity contribution in [3.05, 3.63) is 30.9 Å². The van der Waals surface area contributed by atoms with E-state index in [1.807, 2.05) is 18.2 Å². The average Bonchev–Trinajstić information content (AvgIpc) is 3.07. The number of amides is 1. The van der Waals surface area contributed by atoms with E-state index < -0.39 is 0 Å². The molecule has 0 bridgehead atoms. The van der Waals surface area contributed by atoms with Gasteiger partial charge in [0.15, 0.2) is 11.6 Å². The van der Waals surface area contributed by atoms with Crippen LogP contribution in [0.3, 0.4) is 0 Å². The molecule has 0 aliphatic carbocycles. The van der Waals surface area contributed by atoms with Crippen LogP contribution in [0.25, 0.3) is 10.8 Å². The highest BCUT2D eigenvalue weighted by atomic mass is 16.1. The quantitative estimate of drug-likeness (QED) is 0.876. The Kier molecular flexibility index (Phi) is 3.80. The molecule has 4 rings (SSSR count). The predicted molar refractivity (Wildman–Crippen MR) is 96.6 cm³/mol. The van der Waals surface area contributed by atoms with Crippen molar-refractivity contribution in [2.45, 2.75) is 19.3 Å². The van der Waals surface area contributed by atoms with Crippen LogP contribution < -0.4 is 15.1 Å². The van der Waals surface area contributed by atoms with Crippen LogP contribution in [0, 0.1) is 0 Å². The van der Waals surface area contributed by atoms with Gasteiger partial charge in [-0.15, -0.1) is 10.2 Å². The molecule has 3 heterocycles. The van der Waals surface area contributed by atoms with Crippen molar-refractivity contribution in [3.8, 4) is 0 Å². The number of nitrogens with one attached hydrogen (secondary N) is 1. The van der Waals surface area contributed by atoms with E-state index in [-0.39, 0.29) is 5.91 Å². The third-order valence-corrected chi connectivity index (χ3v) is 4.75. The Morgan fingerprint density at radius 2 is 1.62 bits per heavy atom. The molecule has 1 amide bonds. The van der Waals surface area contributed by atoms with Gasteiger partial charge in [0.1, 0.15) is 0 Å². The van der Waals surface area contributed by atoms with Crippen LogP contribution >= 0.6 is 0 Å². The molecule has 0 unspecified atom stereocenters. The van der Waals surface area contributed by atoms with E-state index in [2.05, 4.69) is 31.9 Å². The van der Waals surface area contributed by atoms with E-state index >= 15 is 0 Å². The van der Waals surface area contributed by atoms with Gasteiger partial charge in [-0.3, -0.25) is 4.79 Å². The van der Waals surface area contributed by atoms with E-state index in [1.165, 1.54) is 25.3 Å². The minimum Gasteiger partial charge on any atom is -0.355 e. The minimum absolute atomic E-state index is 0.207. The number of fused-ring (bicyclic) bond motifs is 1. The van der Waals surface area contributed by atoms with Crippen LogP contribution in [0.1, 0.15) is 19.3 Å². The van der Waals surface area contributed by atoms with Crippen molar-refractivity contribution in [3.63, 3.8) is 0 Å². The molecule has 0 saturated carbocycles. The van der Waals surface area contributed by atoms with Crippen LogP contribution in [0.5, 0.6) is 0 Å². The smallest absolute Gasteiger partial charge is 0.247 e. The van der Waals surface area contributed by atoms with Gasteiger partial charge in [0.2, 0.25) is 5.91 Å². The van der Waals surface area contributed by atoms with Gasteiger partial charge in [-0.05, 0) is 43.5 Å². The Bertz CT molecular complexity index is 793. The summed E-state index contributed by atoms with van der Waals surface area (Å²) >= 11 is 0. The summed E-state index contributed by atoms with van der Waals surface area (Å²) in [6.45, 7) is 7.58. The zero-order valence-corrected chi connectivity index (χ0v) is 13.7. The van der Waals surface area contributed by atoms with Gasteiger partial charge >= 0.3 is 0 Å². The summed E-state index contributed by atoms with van der Waals surface area (Å²) in [5, 5.41) is 14.0. The van der Waals surface area contributed by atoms with Crippen LogP contribution in [-0.2, 0) is 4.79 Å². The molecular formula is C18H21N5O. The molecule has 2 aliphatic rings. The largest absolute Gasteiger partial charge is 0.355 e. The first-order chi connectivity index (χ1) is 11.8. The lowest BCUT2D eigenvalue weighted by Crippen LogP contribution is -2.38. The van der Waals surface area contributed by atoms with Gasteiger partial charge < -0.3 is 15.1 Å². The molecule has 2 saturated heterocycles. The molecule has 0 spiro atoms. The number of rotatable bonds is 4. The molecule has 2 aliphatic heterocycles. The summed E-state index contributed by atoms with van der Waals surface area (Å²) in [5.74, 6) is 1.66. The summed E-state index contributed by atoms with van der Waals surface area (Å²) < 4.78 is 0. The standard InChI is InChI=1S/C18H21N5O/c1-2-16(24)19-13-6-7-14-15(12-13)18(23-10-5-11-23)21-20-17(14)22-8-3-4-9-22/h2,6-7,12H,1,3-5,8-11H2,(H,19,24). The van der Waals surface area contributed by atoms with Crippen LogP contribution in [-0.4, -0.2) is 42.3 Å². The maximum atomic E-state index is 11.6. The lowest BCUT2D eigenvalue weighted by Gasteiger charge is -2.33. The second-order valence-electron chi connectivity index (χ2n) is 6.34. The van der Waals surface area contributed by atoms with Crippen LogP contribution in [0.4, 0.5) is 17.3 Å². The van der Waals surface area contributed by atoms with Gasteiger partial charge in [-0.1, -0.05) is 6.58 Å². The molecule has 6 heteroatoms.